The average Bonchev–Trinajstić information content (AvgIpc) is 2.17. The molecule has 3 unspecified atom stereocenters. The molecule has 1 rings (SSSR count). The molecule has 1 aliphatic carbocycles. The molecule has 0 aromatic rings. The van der Waals surface area contributed by atoms with Crippen LogP contribution in [0.2, 0.25) is 0 Å². The lowest BCUT2D eigenvalue weighted by Gasteiger charge is -2.33. The van der Waals surface area contributed by atoms with Gasteiger partial charge in [0.05, 0.1) is 5.60 Å². The van der Waals surface area contributed by atoms with Gasteiger partial charge in [-0.05, 0) is 33.1 Å². The van der Waals surface area contributed by atoms with Crippen molar-refractivity contribution in [1.82, 2.24) is 5.32 Å². The van der Waals surface area contributed by atoms with Crippen LogP contribution in [0.3, 0.4) is 0 Å². The van der Waals surface area contributed by atoms with E-state index in [4.69, 9.17) is 9.84 Å². The zero-order valence-electron chi connectivity index (χ0n) is 11.8. The third-order valence-corrected chi connectivity index (χ3v) is 3.27. The van der Waals surface area contributed by atoms with E-state index < -0.39 is 30.1 Å². The van der Waals surface area contributed by atoms with Crippen LogP contribution < -0.4 is 5.32 Å². The zero-order valence-corrected chi connectivity index (χ0v) is 11.8. The first-order valence-corrected chi connectivity index (χ1v) is 6.72. The number of aliphatic hydroxyl groups is 2. The van der Waals surface area contributed by atoms with Crippen molar-refractivity contribution < 1.29 is 24.9 Å². The van der Waals surface area contributed by atoms with Crippen LogP contribution in [0.5, 0.6) is 0 Å². The first-order valence-electron chi connectivity index (χ1n) is 6.72. The lowest BCUT2D eigenvalue weighted by molar-refractivity contribution is -0.191. The lowest BCUT2D eigenvalue weighted by atomic mass is 9.80. The number of aliphatic carboxylic acids is 1. The van der Waals surface area contributed by atoms with Crippen molar-refractivity contribution >= 4 is 5.97 Å². The molecule has 0 amide bonds. The van der Waals surface area contributed by atoms with Gasteiger partial charge in [0.2, 0.25) is 6.41 Å². The van der Waals surface area contributed by atoms with Crippen molar-refractivity contribution in [3.63, 3.8) is 0 Å². The van der Waals surface area contributed by atoms with E-state index in [1.54, 1.807) is 20.8 Å². The van der Waals surface area contributed by atoms with Gasteiger partial charge in [-0.15, -0.1) is 0 Å². The number of carbonyl (C=O) groups is 1. The van der Waals surface area contributed by atoms with Crippen LogP contribution in [0.1, 0.15) is 46.5 Å². The summed E-state index contributed by atoms with van der Waals surface area (Å²) < 4.78 is 5.27. The molecule has 0 aromatic carbocycles. The van der Waals surface area contributed by atoms with Gasteiger partial charge in [-0.1, -0.05) is 19.3 Å². The Morgan fingerprint density at radius 2 is 1.95 bits per heavy atom. The number of carboxylic acid groups (broad SMARTS) is 1. The molecule has 0 aliphatic heterocycles. The van der Waals surface area contributed by atoms with Crippen LogP contribution in [0.25, 0.3) is 0 Å². The summed E-state index contributed by atoms with van der Waals surface area (Å²) in [6, 6.07) is -0.708. The summed E-state index contributed by atoms with van der Waals surface area (Å²) in [5.74, 6) is -0.881. The molecule has 0 spiro atoms. The van der Waals surface area contributed by atoms with Crippen LogP contribution in [0, 0.1) is 5.92 Å². The van der Waals surface area contributed by atoms with Crippen molar-refractivity contribution in [3.8, 4) is 0 Å². The Bertz CT molecular complexity index is 298. The van der Waals surface area contributed by atoms with E-state index in [0.29, 0.717) is 12.3 Å². The van der Waals surface area contributed by atoms with E-state index in [0.717, 1.165) is 19.3 Å². The molecule has 0 saturated heterocycles. The van der Waals surface area contributed by atoms with Crippen molar-refractivity contribution in [3.05, 3.63) is 0 Å². The Balaban J connectivity index is 2.54. The normalized spacial score (nSPS) is 21.5. The maximum atomic E-state index is 10.9. The average molecular weight is 275 g/mol. The lowest BCUT2D eigenvalue weighted by Crippen LogP contribution is -2.52. The number of hydrogen-bond acceptors (Lipinski definition) is 5. The minimum absolute atomic E-state index is 0.410. The van der Waals surface area contributed by atoms with E-state index in [1.165, 1.54) is 0 Å². The van der Waals surface area contributed by atoms with E-state index in [9.17, 15) is 15.0 Å². The fraction of sp³-hybridized carbons (Fsp3) is 0.923. The van der Waals surface area contributed by atoms with Gasteiger partial charge in [0, 0.05) is 6.04 Å². The highest BCUT2D eigenvalue weighted by atomic mass is 16.6. The van der Waals surface area contributed by atoms with E-state index >= 15 is 0 Å². The highest BCUT2D eigenvalue weighted by Crippen LogP contribution is 2.31. The molecule has 0 heterocycles. The van der Waals surface area contributed by atoms with Crippen molar-refractivity contribution in [2.75, 3.05) is 0 Å². The Hall–Kier alpha value is -0.690. The smallest absolute Gasteiger partial charge is 0.334 e. The van der Waals surface area contributed by atoms with Gasteiger partial charge in [0.25, 0.3) is 0 Å². The number of rotatable bonds is 7. The van der Waals surface area contributed by atoms with Crippen LogP contribution >= 0.6 is 0 Å². The molecule has 1 saturated carbocycles. The van der Waals surface area contributed by atoms with Crippen LogP contribution in [-0.2, 0) is 9.53 Å². The highest BCUT2D eigenvalue weighted by molar-refractivity contribution is 5.72. The quantitative estimate of drug-likeness (QED) is 0.510. The maximum absolute atomic E-state index is 10.9. The standard InChI is InChI=1S/C13H25NO5/c1-13(2,3)19-12(18)14-9(10(15)11(16)17)7-8-5-4-6-8/h8-10,12,14-15,18H,4-7H2,1-3H3,(H,16,17). The number of nitrogens with one attached hydrogen (secondary N) is 1. The molecule has 1 fully saturated rings. The monoisotopic (exact) mass is 275 g/mol. The minimum atomic E-state index is -1.54. The second-order valence-corrected chi connectivity index (χ2v) is 6.17. The van der Waals surface area contributed by atoms with E-state index in [2.05, 4.69) is 5.32 Å². The van der Waals surface area contributed by atoms with E-state index in [1.807, 2.05) is 0 Å². The molecule has 3 atom stereocenters. The van der Waals surface area contributed by atoms with Gasteiger partial charge in [-0.3, -0.25) is 5.32 Å². The molecule has 19 heavy (non-hydrogen) atoms. The summed E-state index contributed by atoms with van der Waals surface area (Å²) in [7, 11) is 0. The fourth-order valence-electron chi connectivity index (χ4n) is 2.10. The molecule has 4 N–H and O–H groups in total. The van der Waals surface area contributed by atoms with Crippen LogP contribution in [0.4, 0.5) is 0 Å². The number of hydrogen-bond donors (Lipinski definition) is 4. The van der Waals surface area contributed by atoms with E-state index in [-0.39, 0.29) is 0 Å². The Kier molecular flexibility index (Phi) is 5.73. The predicted molar refractivity (Wildman–Crippen MR) is 69.4 cm³/mol. The van der Waals surface area contributed by atoms with Gasteiger partial charge < -0.3 is 20.1 Å². The minimum Gasteiger partial charge on any atom is -0.479 e. The summed E-state index contributed by atoms with van der Waals surface area (Å²) in [6.07, 6.45) is 0.916. The molecule has 0 aromatic heterocycles. The third-order valence-electron chi connectivity index (χ3n) is 3.27. The number of ether oxygens (including phenoxy) is 1. The summed E-state index contributed by atoms with van der Waals surface area (Å²) >= 11 is 0. The molecular weight excluding hydrogens is 250 g/mol. The molecule has 6 nitrogen and oxygen atoms in total. The van der Waals surface area contributed by atoms with Crippen LogP contribution in [-0.4, -0.2) is 45.4 Å². The van der Waals surface area contributed by atoms with Crippen molar-refractivity contribution in [2.24, 2.45) is 5.92 Å². The highest BCUT2D eigenvalue weighted by Gasteiger charge is 2.32. The predicted octanol–water partition coefficient (Wildman–Crippen LogP) is 0.671. The molecular formula is C13H25NO5. The van der Waals surface area contributed by atoms with Gasteiger partial charge >= 0.3 is 5.97 Å². The first kappa shape index (κ1) is 16.4. The van der Waals surface area contributed by atoms with Crippen molar-refractivity contribution in [1.29, 1.82) is 0 Å². The maximum Gasteiger partial charge on any atom is 0.334 e. The van der Waals surface area contributed by atoms with Gasteiger partial charge in [0.1, 0.15) is 0 Å². The molecule has 6 heteroatoms. The molecule has 112 valence electrons. The number of carboxylic acids is 1. The largest absolute Gasteiger partial charge is 0.479 e. The first-order chi connectivity index (χ1) is 8.69. The molecule has 1 aliphatic rings. The second kappa shape index (κ2) is 6.65. The second-order valence-electron chi connectivity index (χ2n) is 6.17. The third kappa shape index (κ3) is 5.86. The summed E-state index contributed by atoms with van der Waals surface area (Å²) in [5.41, 5.74) is -0.554. The molecule has 0 bridgehead atoms. The summed E-state index contributed by atoms with van der Waals surface area (Å²) in [5, 5.41) is 31.0. The zero-order chi connectivity index (χ0) is 14.6. The number of aliphatic hydroxyl groups excluding tert-OH is 2. The van der Waals surface area contributed by atoms with Gasteiger partial charge in [0.15, 0.2) is 6.10 Å². The Labute approximate surface area is 113 Å². The summed E-state index contributed by atoms with van der Waals surface area (Å²) in [6.45, 7) is 5.35. The SMILES string of the molecule is CC(C)(C)OC(O)NC(CC1CCC1)C(O)C(=O)O. The van der Waals surface area contributed by atoms with Crippen molar-refractivity contribution in [2.45, 2.75) is 70.6 Å². The van der Waals surface area contributed by atoms with Crippen LogP contribution in [0.15, 0.2) is 0 Å². The molecule has 0 radical (unpaired) electrons. The Morgan fingerprint density at radius 3 is 2.32 bits per heavy atom. The fourth-order valence-corrected chi connectivity index (χ4v) is 2.10. The van der Waals surface area contributed by atoms with Gasteiger partial charge in [-0.2, -0.15) is 0 Å². The topological polar surface area (TPSA) is 99.0 Å². The van der Waals surface area contributed by atoms with Gasteiger partial charge in [-0.25, -0.2) is 4.79 Å². The summed E-state index contributed by atoms with van der Waals surface area (Å²) in [4.78, 5) is 10.9. The Morgan fingerprint density at radius 1 is 1.37 bits per heavy atom.